The molecule has 0 saturated heterocycles. The molecule has 0 fully saturated rings. The largest absolute Gasteiger partial charge is 0.317 e. The van der Waals surface area contributed by atoms with E-state index in [1.165, 1.54) is 58.0 Å². The molecule has 0 spiro atoms. The summed E-state index contributed by atoms with van der Waals surface area (Å²) in [6.45, 7) is 10.8. The van der Waals surface area contributed by atoms with Crippen LogP contribution in [-0.2, 0) is 0 Å². The van der Waals surface area contributed by atoms with Crippen molar-refractivity contribution in [1.29, 1.82) is 0 Å². The van der Waals surface area contributed by atoms with E-state index in [9.17, 15) is 0 Å². The first-order chi connectivity index (χ1) is 7.91. The van der Waals surface area contributed by atoms with Crippen LogP contribution in [0.25, 0.3) is 0 Å². The quantitative estimate of drug-likeness (QED) is 0.472. The highest BCUT2D eigenvalue weighted by atomic mass is 14.9. The summed E-state index contributed by atoms with van der Waals surface area (Å²) in [5, 5.41) is 6.95. The Hall–Kier alpha value is -0.0800. The third kappa shape index (κ3) is 13.9. The van der Waals surface area contributed by atoms with E-state index in [0.29, 0.717) is 0 Å². The summed E-state index contributed by atoms with van der Waals surface area (Å²) in [5.74, 6) is 0. The van der Waals surface area contributed by atoms with Crippen LogP contribution in [0.2, 0.25) is 0 Å². The summed E-state index contributed by atoms with van der Waals surface area (Å²) in [4.78, 5) is 0. The monoisotopic (exact) mass is 227 g/mol. The number of rotatable bonds is 13. The van der Waals surface area contributed by atoms with Crippen molar-refractivity contribution in [3.8, 4) is 0 Å². The van der Waals surface area contributed by atoms with Crippen molar-refractivity contribution in [2.45, 2.75) is 58.3 Å². The number of unbranched alkanes of at least 4 members (excludes halogenated alkanes) is 5. The molecule has 0 aliphatic heterocycles. The van der Waals surface area contributed by atoms with Crippen molar-refractivity contribution in [1.82, 2.24) is 10.6 Å². The zero-order valence-corrected chi connectivity index (χ0v) is 11.2. The molecule has 16 heavy (non-hydrogen) atoms. The van der Waals surface area contributed by atoms with Crippen LogP contribution in [0.15, 0.2) is 0 Å². The molecule has 0 aromatic heterocycles. The third-order valence-corrected chi connectivity index (χ3v) is 2.77. The van der Waals surface area contributed by atoms with E-state index in [1.54, 1.807) is 0 Å². The van der Waals surface area contributed by atoms with E-state index in [-0.39, 0.29) is 0 Å². The first kappa shape index (κ1) is 15.9. The van der Waals surface area contributed by atoms with Crippen LogP contribution in [0, 0.1) is 6.92 Å². The average molecular weight is 227 g/mol. The highest BCUT2D eigenvalue weighted by Gasteiger charge is 1.90. The lowest BCUT2D eigenvalue weighted by atomic mass is 10.2. The Bertz CT molecular complexity index is 101. The summed E-state index contributed by atoms with van der Waals surface area (Å²) >= 11 is 0. The van der Waals surface area contributed by atoms with Gasteiger partial charge in [-0.05, 0) is 51.9 Å². The molecule has 2 N–H and O–H groups in total. The molecule has 0 heterocycles. The van der Waals surface area contributed by atoms with Gasteiger partial charge in [-0.15, -0.1) is 0 Å². The van der Waals surface area contributed by atoms with Gasteiger partial charge in [0.15, 0.2) is 0 Å². The average Bonchev–Trinajstić information content (AvgIpc) is 2.31. The first-order valence-electron chi connectivity index (χ1n) is 7.12. The van der Waals surface area contributed by atoms with Crippen LogP contribution in [-0.4, -0.2) is 26.2 Å². The van der Waals surface area contributed by atoms with Crippen molar-refractivity contribution >= 4 is 0 Å². The molecule has 0 bridgehead atoms. The van der Waals surface area contributed by atoms with Gasteiger partial charge in [-0.2, -0.15) is 0 Å². The van der Waals surface area contributed by atoms with E-state index in [0.717, 1.165) is 19.5 Å². The number of nitrogens with one attached hydrogen (secondary N) is 2. The van der Waals surface area contributed by atoms with Gasteiger partial charge in [0, 0.05) is 0 Å². The third-order valence-electron chi connectivity index (χ3n) is 2.77. The summed E-state index contributed by atoms with van der Waals surface area (Å²) in [6, 6.07) is 0. The molecular formula is C14H31N2. The first-order valence-corrected chi connectivity index (χ1v) is 7.12. The zero-order valence-electron chi connectivity index (χ0n) is 11.2. The van der Waals surface area contributed by atoms with E-state index < -0.39 is 0 Å². The van der Waals surface area contributed by atoms with E-state index in [1.807, 2.05) is 0 Å². The lowest BCUT2D eigenvalue weighted by molar-refractivity contribution is 0.555. The minimum atomic E-state index is 1.05. The maximum absolute atomic E-state index is 3.82. The van der Waals surface area contributed by atoms with Gasteiger partial charge in [0.2, 0.25) is 0 Å². The van der Waals surface area contributed by atoms with Crippen molar-refractivity contribution in [3.05, 3.63) is 6.92 Å². The van der Waals surface area contributed by atoms with Crippen LogP contribution >= 0.6 is 0 Å². The Kier molecular flexibility index (Phi) is 14.8. The standard InChI is InChI=1S/C14H31N2/c1-3-5-7-8-12-16-14-10-9-13-15-11-6-4-2/h15-16H,2-14H2,1H3. The van der Waals surface area contributed by atoms with Crippen molar-refractivity contribution in [2.75, 3.05) is 26.2 Å². The molecule has 2 heteroatoms. The van der Waals surface area contributed by atoms with Gasteiger partial charge in [0.25, 0.3) is 0 Å². The zero-order chi connectivity index (χ0) is 11.9. The van der Waals surface area contributed by atoms with Crippen molar-refractivity contribution < 1.29 is 0 Å². The molecule has 0 amide bonds. The highest BCUT2D eigenvalue weighted by Crippen LogP contribution is 1.97. The van der Waals surface area contributed by atoms with Crippen LogP contribution in [0.4, 0.5) is 0 Å². The van der Waals surface area contributed by atoms with Gasteiger partial charge in [0.1, 0.15) is 0 Å². The van der Waals surface area contributed by atoms with Crippen LogP contribution in [0.3, 0.4) is 0 Å². The second-order valence-electron chi connectivity index (χ2n) is 4.47. The molecule has 0 aliphatic carbocycles. The van der Waals surface area contributed by atoms with Gasteiger partial charge in [-0.3, -0.25) is 0 Å². The summed E-state index contributed by atoms with van der Waals surface area (Å²) < 4.78 is 0. The Balaban J connectivity index is 2.83. The van der Waals surface area contributed by atoms with Crippen LogP contribution in [0.1, 0.15) is 58.3 Å². The maximum atomic E-state index is 3.82. The molecule has 0 aromatic rings. The minimum Gasteiger partial charge on any atom is -0.317 e. The number of hydrogen-bond donors (Lipinski definition) is 2. The van der Waals surface area contributed by atoms with Gasteiger partial charge >= 0.3 is 0 Å². The lowest BCUT2D eigenvalue weighted by Crippen LogP contribution is -2.20. The maximum Gasteiger partial charge on any atom is -0.00484 e. The summed E-state index contributed by atoms with van der Waals surface area (Å²) in [5.41, 5.74) is 0. The molecule has 0 aliphatic rings. The van der Waals surface area contributed by atoms with Gasteiger partial charge in [-0.1, -0.05) is 39.5 Å². The van der Waals surface area contributed by atoms with Gasteiger partial charge in [0.05, 0.1) is 0 Å². The SMILES string of the molecule is [CH2]CCCNCCCCNCCCCCC. The fourth-order valence-electron chi connectivity index (χ4n) is 1.68. The second-order valence-corrected chi connectivity index (χ2v) is 4.47. The predicted octanol–water partition coefficient (Wildman–Crippen LogP) is 3.14. The van der Waals surface area contributed by atoms with Crippen LogP contribution < -0.4 is 10.6 Å². The Labute approximate surface area is 103 Å². The van der Waals surface area contributed by atoms with Gasteiger partial charge < -0.3 is 10.6 Å². The van der Waals surface area contributed by atoms with E-state index >= 15 is 0 Å². The Morgan fingerprint density at radius 1 is 0.688 bits per heavy atom. The fourth-order valence-corrected chi connectivity index (χ4v) is 1.68. The fraction of sp³-hybridized carbons (Fsp3) is 0.929. The van der Waals surface area contributed by atoms with Crippen LogP contribution in [0.5, 0.6) is 0 Å². The smallest absolute Gasteiger partial charge is 0.00484 e. The molecule has 0 atom stereocenters. The second kappa shape index (κ2) is 14.9. The Morgan fingerprint density at radius 2 is 1.19 bits per heavy atom. The molecule has 0 aromatic carbocycles. The predicted molar refractivity (Wildman–Crippen MR) is 73.7 cm³/mol. The van der Waals surface area contributed by atoms with E-state index in [4.69, 9.17) is 0 Å². The molecule has 0 saturated carbocycles. The molecule has 0 rings (SSSR count). The topological polar surface area (TPSA) is 24.1 Å². The van der Waals surface area contributed by atoms with Crippen molar-refractivity contribution in [2.24, 2.45) is 0 Å². The summed E-state index contributed by atoms with van der Waals surface area (Å²) in [6.07, 6.45) is 10.3. The van der Waals surface area contributed by atoms with E-state index in [2.05, 4.69) is 24.5 Å². The molecule has 97 valence electrons. The minimum absolute atomic E-state index is 1.05. The molecular weight excluding hydrogens is 196 g/mol. The molecule has 0 unspecified atom stereocenters. The molecule has 1 radical (unpaired) electrons. The summed E-state index contributed by atoms with van der Waals surface area (Å²) in [7, 11) is 0. The normalized spacial score (nSPS) is 10.9. The molecule has 2 nitrogen and oxygen atoms in total. The number of hydrogen-bond acceptors (Lipinski definition) is 2. The Morgan fingerprint density at radius 3 is 1.69 bits per heavy atom. The highest BCUT2D eigenvalue weighted by molar-refractivity contribution is 4.53. The van der Waals surface area contributed by atoms with Crippen molar-refractivity contribution in [3.63, 3.8) is 0 Å². The van der Waals surface area contributed by atoms with Gasteiger partial charge in [-0.25, -0.2) is 0 Å². The lowest BCUT2D eigenvalue weighted by Gasteiger charge is -2.05.